The minimum atomic E-state index is -0.305. The van der Waals surface area contributed by atoms with Crippen LogP contribution in [0.5, 0.6) is 0 Å². The molecule has 1 aromatic rings. The molecular weight excluding hydrogens is 307 g/mol. The molecule has 2 fully saturated rings. The van der Waals surface area contributed by atoms with Gasteiger partial charge < -0.3 is 20.4 Å². The van der Waals surface area contributed by atoms with E-state index < -0.39 is 0 Å². The summed E-state index contributed by atoms with van der Waals surface area (Å²) in [5.74, 6) is -0.0273. The first kappa shape index (κ1) is 17.2. The summed E-state index contributed by atoms with van der Waals surface area (Å²) in [6.45, 7) is 8.70. The van der Waals surface area contributed by atoms with Crippen molar-refractivity contribution in [2.24, 2.45) is 11.7 Å². The van der Waals surface area contributed by atoms with Gasteiger partial charge in [-0.3, -0.25) is 4.79 Å². The molecule has 24 heavy (non-hydrogen) atoms. The average Bonchev–Trinajstić information content (AvgIpc) is 3.10. The highest BCUT2D eigenvalue weighted by atomic mass is 19.1. The second kappa shape index (κ2) is 7.49. The van der Waals surface area contributed by atoms with Crippen LogP contribution in [0.1, 0.15) is 23.7 Å². The van der Waals surface area contributed by atoms with Crippen molar-refractivity contribution in [2.45, 2.75) is 13.3 Å². The van der Waals surface area contributed by atoms with Gasteiger partial charge >= 0.3 is 0 Å². The van der Waals surface area contributed by atoms with Crippen LogP contribution in [-0.2, 0) is 0 Å². The van der Waals surface area contributed by atoms with Crippen molar-refractivity contribution in [1.29, 1.82) is 0 Å². The maximum atomic E-state index is 14.6. The first-order chi connectivity index (χ1) is 11.6. The number of likely N-dealkylation sites (tertiary alicyclic amines) is 1. The molecule has 0 radical (unpaired) electrons. The quantitative estimate of drug-likeness (QED) is 0.904. The second-order valence-corrected chi connectivity index (χ2v) is 6.73. The third-order valence-electron chi connectivity index (χ3n) is 5.26. The number of carbonyl (C=O) groups is 1. The van der Waals surface area contributed by atoms with E-state index in [9.17, 15) is 9.18 Å². The predicted octanol–water partition coefficient (Wildman–Crippen LogP) is 1.39. The number of halogens is 1. The molecule has 0 saturated carbocycles. The van der Waals surface area contributed by atoms with Gasteiger partial charge in [0.2, 0.25) is 0 Å². The molecule has 6 heteroatoms. The molecule has 1 atom stereocenters. The van der Waals surface area contributed by atoms with Crippen molar-refractivity contribution in [3.8, 4) is 0 Å². The van der Waals surface area contributed by atoms with Crippen molar-refractivity contribution in [3.05, 3.63) is 29.6 Å². The number of anilines is 1. The molecule has 2 saturated heterocycles. The lowest BCUT2D eigenvalue weighted by Crippen LogP contribution is -2.46. The van der Waals surface area contributed by atoms with Crippen LogP contribution in [0.3, 0.4) is 0 Å². The Morgan fingerprint density at radius 1 is 1.25 bits per heavy atom. The molecule has 1 amide bonds. The van der Waals surface area contributed by atoms with Gasteiger partial charge in [-0.1, -0.05) is 6.92 Å². The molecule has 0 spiro atoms. The lowest BCUT2D eigenvalue weighted by molar-refractivity contribution is 0.0787. The Morgan fingerprint density at radius 2 is 2.00 bits per heavy atom. The highest BCUT2D eigenvalue weighted by Gasteiger charge is 2.27. The molecule has 2 aliphatic rings. The van der Waals surface area contributed by atoms with Gasteiger partial charge in [-0.15, -0.1) is 0 Å². The molecule has 3 rings (SSSR count). The van der Waals surface area contributed by atoms with Crippen molar-refractivity contribution >= 4 is 11.6 Å². The first-order valence-corrected chi connectivity index (χ1v) is 8.88. The van der Waals surface area contributed by atoms with Crippen LogP contribution in [0.25, 0.3) is 0 Å². The summed E-state index contributed by atoms with van der Waals surface area (Å²) >= 11 is 0. The number of amides is 1. The lowest BCUT2D eigenvalue weighted by atomic mass is 10.1. The second-order valence-electron chi connectivity index (χ2n) is 6.73. The zero-order valence-electron chi connectivity index (χ0n) is 14.4. The predicted molar refractivity (Wildman–Crippen MR) is 93.8 cm³/mol. The molecule has 0 aliphatic carbocycles. The number of nitrogens with zero attached hydrogens (tertiary/aromatic N) is 3. The molecule has 132 valence electrons. The van der Waals surface area contributed by atoms with Gasteiger partial charge in [0.15, 0.2) is 0 Å². The van der Waals surface area contributed by atoms with Gasteiger partial charge in [-0.05, 0) is 43.6 Å². The number of piperazine rings is 1. The first-order valence-electron chi connectivity index (χ1n) is 8.88. The van der Waals surface area contributed by atoms with Crippen LogP contribution < -0.4 is 10.6 Å². The molecular formula is C18H27FN4O. The summed E-state index contributed by atoms with van der Waals surface area (Å²) in [7, 11) is 0. The van der Waals surface area contributed by atoms with Gasteiger partial charge in [-0.2, -0.15) is 0 Å². The van der Waals surface area contributed by atoms with E-state index in [4.69, 9.17) is 5.73 Å². The summed E-state index contributed by atoms with van der Waals surface area (Å²) in [6, 6.07) is 4.89. The largest absolute Gasteiger partial charge is 0.367 e. The normalized spacial score (nSPS) is 22.2. The summed E-state index contributed by atoms with van der Waals surface area (Å²) in [4.78, 5) is 18.7. The van der Waals surface area contributed by atoms with E-state index in [1.807, 2.05) is 0 Å². The number of hydrogen-bond acceptors (Lipinski definition) is 4. The molecule has 1 unspecified atom stereocenters. The van der Waals surface area contributed by atoms with Crippen LogP contribution in [0.2, 0.25) is 0 Å². The molecule has 0 bridgehead atoms. The van der Waals surface area contributed by atoms with E-state index >= 15 is 0 Å². The number of hydrogen-bond donors (Lipinski definition) is 1. The molecule has 0 aromatic heterocycles. The Labute approximate surface area is 143 Å². The summed E-state index contributed by atoms with van der Waals surface area (Å²) < 4.78 is 14.6. The van der Waals surface area contributed by atoms with Crippen molar-refractivity contribution in [2.75, 3.05) is 57.3 Å². The van der Waals surface area contributed by atoms with Crippen molar-refractivity contribution in [3.63, 3.8) is 0 Å². The van der Waals surface area contributed by atoms with Gasteiger partial charge in [0.1, 0.15) is 5.82 Å². The van der Waals surface area contributed by atoms with Crippen LogP contribution in [0.4, 0.5) is 10.1 Å². The molecule has 5 nitrogen and oxygen atoms in total. The summed E-state index contributed by atoms with van der Waals surface area (Å²) in [5, 5.41) is 0. The number of likely N-dealkylation sites (N-methyl/N-ethyl adjacent to an activating group) is 1. The Hall–Kier alpha value is -1.66. The molecule has 1 aromatic carbocycles. The molecule has 2 N–H and O–H groups in total. The smallest absolute Gasteiger partial charge is 0.253 e. The molecule has 2 heterocycles. The van der Waals surface area contributed by atoms with E-state index in [1.165, 1.54) is 6.07 Å². The molecule has 2 aliphatic heterocycles. The Kier molecular flexibility index (Phi) is 5.36. The fourth-order valence-electron chi connectivity index (χ4n) is 3.59. The topological polar surface area (TPSA) is 52.8 Å². The number of nitrogens with two attached hydrogens (primary N) is 1. The Bertz CT molecular complexity index is 586. The SMILES string of the molecule is CCN1CCN(c2ccc(C(=O)N3CCC(CN)C3)cc2F)CC1. The van der Waals surface area contributed by atoms with Gasteiger partial charge in [0.05, 0.1) is 5.69 Å². The number of rotatable bonds is 4. The standard InChI is InChI=1S/C18H27FN4O/c1-2-21-7-9-22(10-8-21)17-4-3-15(11-16(17)19)18(24)23-6-5-14(12-20)13-23/h3-4,11,14H,2,5-10,12-13,20H2,1H3. The van der Waals surface area contributed by atoms with Crippen LogP contribution in [0, 0.1) is 11.7 Å². The van der Waals surface area contributed by atoms with Gasteiger partial charge in [-0.25, -0.2) is 4.39 Å². The Morgan fingerprint density at radius 3 is 2.58 bits per heavy atom. The third-order valence-corrected chi connectivity index (χ3v) is 5.26. The lowest BCUT2D eigenvalue weighted by Gasteiger charge is -2.35. The van der Waals surface area contributed by atoms with E-state index in [-0.39, 0.29) is 11.7 Å². The number of benzene rings is 1. The Balaban J connectivity index is 1.67. The third kappa shape index (κ3) is 3.54. The highest BCUT2D eigenvalue weighted by molar-refractivity contribution is 5.94. The fraction of sp³-hybridized carbons (Fsp3) is 0.611. The summed E-state index contributed by atoms with van der Waals surface area (Å²) in [6.07, 6.45) is 0.935. The van der Waals surface area contributed by atoms with E-state index in [1.54, 1.807) is 17.0 Å². The van der Waals surface area contributed by atoms with Gasteiger partial charge in [0.25, 0.3) is 5.91 Å². The van der Waals surface area contributed by atoms with Crippen LogP contribution in [-0.4, -0.2) is 68.1 Å². The van der Waals surface area contributed by atoms with E-state index in [2.05, 4.69) is 16.7 Å². The minimum Gasteiger partial charge on any atom is -0.367 e. The zero-order chi connectivity index (χ0) is 17.1. The maximum Gasteiger partial charge on any atom is 0.253 e. The van der Waals surface area contributed by atoms with Crippen molar-refractivity contribution < 1.29 is 9.18 Å². The average molecular weight is 334 g/mol. The van der Waals surface area contributed by atoms with Crippen LogP contribution >= 0.6 is 0 Å². The number of carbonyl (C=O) groups excluding carboxylic acids is 1. The van der Waals surface area contributed by atoms with E-state index in [0.29, 0.717) is 36.8 Å². The minimum absolute atomic E-state index is 0.0906. The van der Waals surface area contributed by atoms with E-state index in [0.717, 1.165) is 39.1 Å². The maximum absolute atomic E-state index is 14.6. The van der Waals surface area contributed by atoms with Crippen molar-refractivity contribution in [1.82, 2.24) is 9.80 Å². The summed E-state index contributed by atoms with van der Waals surface area (Å²) in [5.41, 5.74) is 6.71. The monoisotopic (exact) mass is 334 g/mol. The zero-order valence-corrected chi connectivity index (χ0v) is 14.4. The highest BCUT2D eigenvalue weighted by Crippen LogP contribution is 2.24. The fourth-order valence-corrected chi connectivity index (χ4v) is 3.59. The van der Waals surface area contributed by atoms with Gasteiger partial charge in [0, 0.05) is 44.8 Å². The van der Waals surface area contributed by atoms with Crippen LogP contribution in [0.15, 0.2) is 18.2 Å².